The minimum atomic E-state index is -0.636. The SMILES string of the molecule is COc1ccc(C(CNC(=O)C2COc3ccccc3O2)N2CCCCC2)cc1. The highest BCUT2D eigenvalue weighted by Crippen LogP contribution is 2.31. The zero-order valence-corrected chi connectivity index (χ0v) is 16.8. The highest BCUT2D eigenvalue weighted by atomic mass is 16.6. The van der Waals surface area contributed by atoms with Gasteiger partial charge in [-0.1, -0.05) is 30.7 Å². The topological polar surface area (TPSA) is 60.0 Å². The number of fused-ring (bicyclic) bond motifs is 1. The van der Waals surface area contributed by atoms with Gasteiger partial charge in [0.2, 0.25) is 6.10 Å². The summed E-state index contributed by atoms with van der Waals surface area (Å²) in [4.78, 5) is 15.2. The Morgan fingerprint density at radius 1 is 1.10 bits per heavy atom. The highest BCUT2D eigenvalue weighted by molar-refractivity contribution is 5.81. The van der Waals surface area contributed by atoms with Crippen molar-refractivity contribution in [2.45, 2.75) is 31.4 Å². The zero-order chi connectivity index (χ0) is 20.1. The van der Waals surface area contributed by atoms with Gasteiger partial charge in [0.05, 0.1) is 13.2 Å². The Kier molecular flexibility index (Phi) is 6.20. The van der Waals surface area contributed by atoms with Crippen LogP contribution in [-0.2, 0) is 4.79 Å². The van der Waals surface area contributed by atoms with Crippen LogP contribution in [0.1, 0.15) is 30.9 Å². The molecule has 2 aromatic carbocycles. The van der Waals surface area contributed by atoms with Crippen molar-refractivity contribution in [3.05, 3.63) is 54.1 Å². The summed E-state index contributed by atoms with van der Waals surface area (Å²) in [5.74, 6) is 1.99. The molecule has 4 rings (SSSR count). The fourth-order valence-corrected chi connectivity index (χ4v) is 3.97. The van der Waals surface area contributed by atoms with Gasteiger partial charge in [0.15, 0.2) is 11.5 Å². The Labute approximate surface area is 171 Å². The number of nitrogens with one attached hydrogen (secondary N) is 1. The van der Waals surface area contributed by atoms with Crippen LogP contribution in [0, 0.1) is 0 Å². The number of hydrogen-bond acceptors (Lipinski definition) is 5. The predicted molar refractivity (Wildman–Crippen MR) is 111 cm³/mol. The second-order valence-electron chi connectivity index (χ2n) is 7.49. The minimum absolute atomic E-state index is 0.127. The molecule has 0 radical (unpaired) electrons. The maximum Gasteiger partial charge on any atom is 0.264 e. The number of piperidine rings is 1. The molecule has 1 N–H and O–H groups in total. The summed E-state index contributed by atoms with van der Waals surface area (Å²) < 4.78 is 16.8. The van der Waals surface area contributed by atoms with E-state index in [4.69, 9.17) is 14.2 Å². The molecule has 2 unspecified atom stereocenters. The van der Waals surface area contributed by atoms with Gasteiger partial charge >= 0.3 is 0 Å². The van der Waals surface area contributed by atoms with Crippen LogP contribution >= 0.6 is 0 Å². The van der Waals surface area contributed by atoms with Gasteiger partial charge in [0.1, 0.15) is 12.4 Å². The van der Waals surface area contributed by atoms with Crippen molar-refractivity contribution in [3.8, 4) is 17.2 Å². The minimum Gasteiger partial charge on any atom is -0.497 e. The lowest BCUT2D eigenvalue weighted by molar-refractivity contribution is -0.130. The summed E-state index contributed by atoms with van der Waals surface area (Å²) in [5, 5.41) is 3.09. The number of para-hydroxylation sites is 2. The van der Waals surface area contributed by atoms with Gasteiger partial charge in [-0.05, 0) is 55.8 Å². The van der Waals surface area contributed by atoms with Gasteiger partial charge in [-0.2, -0.15) is 0 Å². The van der Waals surface area contributed by atoms with Crippen molar-refractivity contribution < 1.29 is 19.0 Å². The standard InChI is InChI=1S/C23H28N2O4/c1-27-18-11-9-17(10-12-18)19(25-13-5-2-6-14-25)15-24-23(26)22-16-28-20-7-3-4-8-21(20)29-22/h3-4,7-12,19,22H,2,5-6,13-16H2,1H3,(H,24,26). The van der Waals surface area contributed by atoms with Gasteiger partial charge in [-0.15, -0.1) is 0 Å². The second kappa shape index (κ2) is 9.18. The number of rotatable bonds is 6. The summed E-state index contributed by atoms with van der Waals surface area (Å²) in [6.07, 6.45) is 3.02. The van der Waals surface area contributed by atoms with Crippen molar-refractivity contribution in [3.63, 3.8) is 0 Å². The molecule has 0 saturated carbocycles. The van der Waals surface area contributed by atoms with E-state index in [2.05, 4.69) is 22.3 Å². The summed E-state index contributed by atoms with van der Waals surface area (Å²) in [7, 11) is 1.67. The van der Waals surface area contributed by atoms with Crippen LogP contribution in [0.2, 0.25) is 0 Å². The normalized spacial score (nSPS) is 20.0. The third-order valence-corrected chi connectivity index (χ3v) is 5.60. The Morgan fingerprint density at radius 3 is 2.55 bits per heavy atom. The molecule has 0 aromatic heterocycles. The first-order valence-electron chi connectivity index (χ1n) is 10.3. The van der Waals surface area contributed by atoms with Crippen LogP contribution in [0.15, 0.2) is 48.5 Å². The number of likely N-dealkylation sites (tertiary alicyclic amines) is 1. The fraction of sp³-hybridized carbons (Fsp3) is 0.435. The molecule has 6 nitrogen and oxygen atoms in total. The fourth-order valence-electron chi connectivity index (χ4n) is 3.97. The van der Waals surface area contributed by atoms with E-state index >= 15 is 0 Å². The number of hydrogen-bond donors (Lipinski definition) is 1. The molecule has 2 aliphatic heterocycles. The predicted octanol–water partition coefficient (Wildman–Crippen LogP) is 3.18. The number of ether oxygens (including phenoxy) is 3. The largest absolute Gasteiger partial charge is 0.497 e. The first-order valence-corrected chi connectivity index (χ1v) is 10.3. The summed E-state index contributed by atoms with van der Waals surface area (Å²) >= 11 is 0. The van der Waals surface area contributed by atoms with Gasteiger partial charge in [0, 0.05) is 6.54 Å². The molecular formula is C23H28N2O4. The smallest absolute Gasteiger partial charge is 0.264 e. The Hall–Kier alpha value is -2.73. The van der Waals surface area contributed by atoms with E-state index in [9.17, 15) is 4.79 Å². The average molecular weight is 396 g/mol. The van der Waals surface area contributed by atoms with Crippen molar-refractivity contribution in [1.29, 1.82) is 0 Å². The lowest BCUT2D eigenvalue weighted by Gasteiger charge is -2.35. The monoisotopic (exact) mass is 396 g/mol. The molecular weight excluding hydrogens is 368 g/mol. The number of amides is 1. The van der Waals surface area contributed by atoms with Crippen LogP contribution in [-0.4, -0.2) is 50.3 Å². The third kappa shape index (κ3) is 4.65. The lowest BCUT2D eigenvalue weighted by atomic mass is 10.0. The van der Waals surface area contributed by atoms with Gasteiger partial charge in [-0.3, -0.25) is 9.69 Å². The van der Waals surface area contributed by atoms with E-state index < -0.39 is 6.10 Å². The van der Waals surface area contributed by atoms with Crippen LogP contribution in [0.4, 0.5) is 0 Å². The molecule has 2 aliphatic rings. The molecule has 1 fully saturated rings. The Bertz CT molecular complexity index is 818. The molecule has 2 atom stereocenters. The Morgan fingerprint density at radius 2 is 1.83 bits per heavy atom. The molecule has 2 aromatic rings. The molecule has 154 valence electrons. The molecule has 29 heavy (non-hydrogen) atoms. The summed E-state index contributed by atoms with van der Waals surface area (Å²) in [6.45, 7) is 2.85. The van der Waals surface area contributed by atoms with E-state index in [0.717, 1.165) is 18.8 Å². The quantitative estimate of drug-likeness (QED) is 0.813. The van der Waals surface area contributed by atoms with Crippen molar-refractivity contribution >= 4 is 5.91 Å². The maximum atomic E-state index is 12.8. The van der Waals surface area contributed by atoms with E-state index in [1.165, 1.54) is 24.8 Å². The summed E-state index contributed by atoms with van der Waals surface area (Å²) in [6, 6.07) is 15.7. The molecule has 0 aliphatic carbocycles. The zero-order valence-electron chi connectivity index (χ0n) is 16.8. The van der Waals surface area contributed by atoms with Crippen LogP contribution in [0.3, 0.4) is 0 Å². The molecule has 1 saturated heterocycles. The second-order valence-corrected chi connectivity index (χ2v) is 7.49. The van der Waals surface area contributed by atoms with Crippen LogP contribution in [0.25, 0.3) is 0 Å². The number of benzene rings is 2. The summed E-state index contributed by atoms with van der Waals surface area (Å²) in [5.41, 5.74) is 1.18. The molecule has 1 amide bonds. The molecule has 0 bridgehead atoms. The first-order chi connectivity index (χ1) is 14.2. The lowest BCUT2D eigenvalue weighted by Crippen LogP contribution is -2.47. The number of carbonyl (C=O) groups is 1. The number of carbonyl (C=O) groups excluding carboxylic acids is 1. The Balaban J connectivity index is 1.42. The van der Waals surface area contributed by atoms with Gasteiger partial charge in [-0.25, -0.2) is 0 Å². The number of nitrogens with zero attached hydrogens (tertiary/aromatic N) is 1. The third-order valence-electron chi connectivity index (χ3n) is 5.60. The van der Waals surface area contributed by atoms with E-state index in [1.807, 2.05) is 36.4 Å². The van der Waals surface area contributed by atoms with E-state index in [-0.39, 0.29) is 18.6 Å². The van der Waals surface area contributed by atoms with Crippen molar-refractivity contribution in [2.24, 2.45) is 0 Å². The molecule has 6 heteroatoms. The van der Waals surface area contributed by atoms with Gasteiger partial charge < -0.3 is 19.5 Å². The molecule has 2 heterocycles. The van der Waals surface area contributed by atoms with E-state index in [0.29, 0.717) is 18.0 Å². The van der Waals surface area contributed by atoms with Crippen LogP contribution in [0.5, 0.6) is 17.2 Å². The van der Waals surface area contributed by atoms with Gasteiger partial charge in [0.25, 0.3) is 5.91 Å². The highest BCUT2D eigenvalue weighted by Gasteiger charge is 2.29. The molecule has 0 spiro atoms. The number of methoxy groups -OCH3 is 1. The van der Waals surface area contributed by atoms with E-state index in [1.54, 1.807) is 7.11 Å². The van der Waals surface area contributed by atoms with Crippen molar-refractivity contribution in [2.75, 3.05) is 33.4 Å². The van der Waals surface area contributed by atoms with Crippen LogP contribution < -0.4 is 19.5 Å². The van der Waals surface area contributed by atoms with Crippen molar-refractivity contribution in [1.82, 2.24) is 10.2 Å². The first kappa shape index (κ1) is 19.6. The maximum absolute atomic E-state index is 12.8. The average Bonchev–Trinajstić information content (AvgIpc) is 2.80.